The molecule has 0 spiro atoms. The van der Waals surface area contributed by atoms with Crippen LogP contribution in [0, 0.1) is 6.92 Å². The van der Waals surface area contributed by atoms with Gasteiger partial charge in [-0.2, -0.15) is 0 Å². The zero-order valence-corrected chi connectivity index (χ0v) is 20.3. The second-order valence-corrected chi connectivity index (χ2v) is 9.26. The molecule has 2 saturated heterocycles. The first kappa shape index (κ1) is 23.1. The number of methoxy groups -OCH3 is 1. The summed E-state index contributed by atoms with van der Waals surface area (Å²) in [5, 5.41) is 3.26. The number of piperazine rings is 1. The average Bonchev–Trinajstić information content (AvgIpc) is 2.84. The number of ether oxygens (including phenoxy) is 1. The highest BCUT2D eigenvalue weighted by molar-refractivity contribution is 5.75. The molecule has 4 rings (SSSR count). The Morgan fingerprint density at radius 2 is 1.67 bits per heavy atom. The molecule has 2 aliphatic heterocycles. The van der Waals surface area contributed by atoms with Crippen LogP contribution in [0.4, 0.5) is 16.3 Å². The number of carbonyl (C=O) groups is 1. The van der Waals surface area contributed by atoms with Gasteiger partial charge in [-0.05, 0) is 44.0 Å². The first-order valence-corrected chi connectivity index (χ1v) is 12.0. The summed E-state index contributed by atoms with van der Waals surface area (Å²) >= 11 is 0. The number of hydrogen-bond acceptors (Lipinski definition) is 6. The molecule has 33 heavy (non-hydrogen) atoms. The van der Waals surface area contributed by atoms with Gasteiger partial charge in [-0.15, -0.1) is 0 Å². The molecular formula is C25H36N6O2. The highest BCUT2D eigenvalue weighted by Crippen LogP contribution is 2.23. The minimum absolute atomic E-state index is 0.0549. The Labute approximate surface area is 196 Å². The number of hydrogen-bond donors (Lipinski definition) is 1. The lowest BCUT2D eigenvalue weighted by molar-refractivity contribution is 0.188. The number of anilines is 2. The van der Waals surface area contributed by atoms with Crippen LogP contribution in [0.1, 0.15) is 44.1 Å². The van der Waals surface area contributed by atoms with Gasteiger partial charge >= 0.3 is 6.03 Å². The van der Waals surface area contributed by atoms with Crippen LogP contribution in [0.2, 0.25) is 0 Å². The molecule has 2 amide bonds. The summed E-state index contributed by atoms with van der Waals surface area (Å²) in [7, 11) is 1.68. The van der Waals surface area contributed by atoms with E-state index in [4.69, 9.17) is 9.72 Å². The van der Waals surface area contributed by atoms with Gasteiger partial charge in [0.15, 0.2) is 0 Å². The van der Waals surface area contributed by atoms with Crippen molar-refractivity contribution in [1.82, 2.24) is 20.2 Å². The van der Waals surface area contributed by atoms with Gasteiger partial charge in [-0.1, -0.05) is 13.8 Å². The maximum absolute atomic E-state index is 12.9. The Balaban J connectivity index is 1.24. The van der Waals surface area contributed by atoms with Gasteiger partial charge in [0, 0.05) is 68.7 Å². The minimum atomic E-state index is 0.0549. The second kappa shape index (κ2) is 10.3. The van der Waals surface area contributed by atoms with E-state index < -0.39 is 0 Å². The normalized spacial score (nSPS) is 17.4. The minimum Gasteiger partial charge on any atom is -0.497 e. The van der Waals surface area contributed by atoms with E-state index >= 15 is 0 Å². The molecule has 8 nitrogen and oxygen atoms in total. The fourth-order valence-electron chi connectivity index (χ4n) is 4.47. The Morgan fingerprint density at radius 3 is 2.27 bits per heavy atom. The van der Waals surface area contributed by atoms with Gasteiger partial charge in [-0.3, -0.25) is 0 Å². The Bertz CT molecular complexity index is 932. The first-order valence-electron chi connectivity index (χ1n) is 12.0. The third-order valence-corrected chi connectivity index (χ3v) is 6.53. The summed E-state index contributed by atoms with van der Waals surface area (Å²) in [5.74, 6) is 3.02. The lowest BCUT2D eigenvalue weighted by Crippen LogP contribution is -2.55. The van der Waals surface area contributed by atoms with E-state index in [1.54, 1.807) is 7.11 Å². The SMILES string of the molecule is COc1ccc(N2CCC(NC(=O)N3CCN(c4cc(C)nc(C(C)C)n4)CC3)CC2)cc1. The monoisotopic (exact) mass is 452 g/mol. The van der Waals surface area contributed by atoms with Crippen LogP contribution in [0.15, 0.2) is 30.3 Å². The van der Waals surface area contributed by atoms with E-state index in [9.17, 15) is 4.79 Å². The van der Waals surface area contributed by atoms with E-state index in [2.05, 4.69) is 46.1 Å². The number of urea groups is 1. The maximum Gasteiger partial charge on any atom is 0.317 e. The smallest absolute Gasteiger partial charge is 0.317 e. The van der Waals surface area contributed by atoms with Crippen LogP contribution in [0.5, 0.6) is 5.75 Å². The van der Waals surface area contributed by atoms with Crippen LogP contribution >= 0.6 is 0 Å². The van der Waals surface area contributed by atoms with Gasteiger partial charge in [0.05, 0.1) is 7.11 Å². The van der Waals surface area contributed by atoms with E-state index in [1.165, 1.54) is 5.69 Å². The zero-order valence-electron chi connectivity index (χ0n) is 20.3. The van der Waals surface area contributed by atoms with Crippen LogP contribution < -0.4 is 19.9 Å². The van der Waals surface area contributed by atoms with Crippen molar-refractivity contribution in [2.45, 2.75) is 45.6 Å². The molecule has 1 N–H and O–H groups in total. The van der Waals surface area contributed by atoms with Gasteiger partial charge in [0.25, 0.3) is 0 Å². The highest BCUT2D eigenvalue weighted by atomic mass is 16.5. The topological polar surface area (TPSA) is 73.8 Å². The Morgan fingerprint density at radius 1 is 1.00 bits per heavy atom. The number of rotatable bonds is 5. The summed E-state index contributed by atoms with van der Waals surface area (Å²) in [6.45, 7) is 11.1. The van der Waals surface area contributed by atoms with Crippen molar-refractivity contribution in [3.63, 3.8) is 0 Å². The van der Waals surface area contributed by atoms with Gasteiger partial charge in [0.1, 0.15) is 17.4 Å². The summed E-state index contributed by atoms with van der Waals surface area (Å²) < 4.78 is 5.25. The predicted octanol–water partition coefficient (Wildman–Crippen LogP) is 3.42. The van der Waals surface area contributed by atoms with Gasteiger partial charge in [0.2, 0.25) is 0 Å². The maximum atomic E-state index is 12.9. The van der Waals surface area contributed by atoms with Gasteiger partial charge in [-0.25, -0.2) is 14.8 Å². The van der Waals surface area contributed by atoms with E-state index in [1.807, 2.05) is 30.0 Å². The number of benzene rings is 1. The van der Waals surface area contributed by atoms with Crippen molar-refractivity contribution in [3.8, 4) is 5.75 Å². The molecule has 178 valence electrons. The molecule has 0 bridgehead atoms. The Hall–Kier alpha value is -3.03. The summed E-state index contributed by atoms with van der Waals surface area (Å²) in [6.07, 6.45) is 1.91. The number of nitrogens with zero attached hydrogens (tertiary/aromatic N) is 5. The Kier molecular flexibility index (Phi) is 7.20. The molecule has 1 aromatic carbocycles. The molecule has 8 heteroatoms. The third kappa shape index (κ3) is 5.67. The molecule has 0 aliphatic carbocycles. The number of amides is 2. The van der Waals surface area contributed by atoms with Crippen LogP contribution in [0.3, 0.4) is 0 Å². The molecule has 3 heterocycles. The number of carbonyl (C=O) groups excluding carboxylic acids is 1. The van der Waals surface area contributed by atoms with Crippen LogP contribution in [-0.2, 0) is 0 Å². The molecule has 0 atom stereocenters. The fourth-order valence-corrected chi connectivity index (χ4v) is 4.47. The van der Waals surface area contributed by atoms with Crippen LogP contribution in [-0.4, -0.2) is 73.3 Å². The van der Waals surface area contributed by atoms with E-state index in [0.29, 0.717) is 19.0 Å². The number of nitrogens with one attached hydrogen (secondary N) is 1. The molecule has 2 aliphatic rings. The van der Waals surface area contributed by atoms with Crippen LogP contribution in [0.25, 0.3) is 0 Å². The average molecular weight is 453 g/mol. The quantitative estimate of drug-likeness (QED) is 0.749. The van der Waals surface area contributed by atoms with E-state index in [0.717, 1.165) is 62.1 Å². The summed E-state index contributed by atoms with van der Waals surface area (Å²) in [4.78, 5) is 28.7. The number of aryl methyl sites for hydroxylation is 1. The van der Waals surface area contributed by atoms with Crippen molar-refractivity contribution in [3.05, 3.63) is 41.9 Å². The fraction of sp³-hybridized carbons (Fsp3) is 0.560. The molecule has 2 aromatic rings. The third-order valence-electron chi connectivity index (χ3n) is 6.53. The largest absolute Gasteiger partial charge is 0.497 e. The number of piperidine rings is 1. The predicted molar refractivity (Wildman–Crippen MR) is 131 cm³/mol. The van der Waals surface area contributed by atoms with Crippen molar-refractivity contribution in [1.29, 1.82) is 0 Å². The number of aromatic nitrogens is 2. The second-order valence-electron chi connectivity index (χ2n) is 9.26. The van der Waals surface area contributed by atoms with Crippen molar-refractivity contribution < 1.29 is 9.53 Å². The highest BCUT2D eigenvalue weighted by Gasteiger charge is 2.26. The lowest BCUT2D eigenvalue weighted by Gasteiger charge is -2.38. The summed E-state index contributed by atoms with van der Waals surface area (Å²) in [5.41, 5.74) is 2.20. The standard InChI is InChI=1S/C25H36N6O2/c1-18(2)24-26-19(3)17-23(28-24)30-13-15-31(16-14-30)25(32)27-20-9-11-29(12-10-20)21-5-7-22(33-4)8-6-21/h5-8,17-18,20H,9-16H2,1-4H3,(H,27,32). The molecule has 0 unspecified atom stereocenters. The van der Waals surface area contributed by atoms with Crippen molar-refractivity contribution in [2.75, 3.05) is 56.2 Å². The molecule has 2 fully saturated rings. The first-order chi connectivity index (χ1) is 15.9. The molecular weight excluding hydrogens is 416 g/mol. The van der Waals surface area contributed by atoms with Crippen molar-refractivity contribution in [2.24, 2.45) is 0 Å². The zero-order chi connectivity index (χ0) is 23.4. The molecule has 1 aromatic heterocycles. The molecule has 0 radical (unpaired) electrons. The summed E-state index contributed by atoms with van der Waals surface area (Å²) in [6, 6.07) is 10.5. The van der Waals surface area contributed by atoms with Gasteiger partial charge < -0.3 is 24.8 Å². The van der Waals surface area contributed by atoms with Crippen molar-refractivity contribution >= 4 is 17.5 Å². The van der Waals surface area contributed by atoms with E-state index in [-0.39, 0.29) is 12.1 Å². The lowest BCUT2D eigenvalue weighted by atomic mass is 10.0. The molecule has 0 saturated carbocycles.